The van der Waals surface area contributed by atoms with Crippen LogP contribution in [-0.2, 0) is 0 Å². The summed E-state index contributed by atoms with van der Waals surface area (Å²) in [6.07, 6.45) is 0. The van der Waals surface area contributed by atoms with Crippen LogP contribution < -0.4 is 20.3 Å². The third-order valence-electron chi connectivity index (χ3n) is 2.97. The van der Waals surface area contributed by atoms with Crippen molar-refractivity contribution in [2.24, 2.45) is 0 Å². The van der Waals surface area contributed by atoms with E-state index in [1.54, 1.807) is 42.9 Å². The summed E-state index contributed by atoms with van der Waals surface area (Å²) >= 11 is 0. The molecule has 0 atom stereocenters. The molecule has 0 aromatic heterocycles. The predicted octanol–water partition coefficient (Wildman–Crippen LogP) is 2.97. The molecule has 22 heavy (non-hydrogen) atoms. The zero-order chi connectivity index (χ0) is 15.9. The average molecular weight is 300 g/mol. The molecule has 2 rings (SSSR count). The first kappa shape index (κ1) is 15.7. The second kappa shape index (κ2) is 7.33. The lowest BCUT2D eigenvalue weighted by atomic mass is 10.2. The lowest BCUT2D eigenvalue weighted by molar-refractivity contribution is 0.234. The molecule has 0 aliphatic rings. The van der Waals surface area contributed by atoms with Crippen molar-refractivity contribution < 1.29 is 14.7 Å². The Labute approximate surface area is 129 Å². The molecule has 3 N–H and O–H groups in total. The Morgan fingerprint density at radius 3 is 2.41 bits per heavy atom. The van der Waals surface area contributed by atoms with E-state index in [2.05, 4.69) is 5.32 Å². The van der Waals surface area contributed by atoms with Crippen LogP contribution in [0.2, 0.25) is 0 Å². The van der Waals surface area contributed by atoms with Crippen LogP contribution in [0, 0.1) is 5.41 Å². The van der Waals surface area contributed by atoms with Crippen LogP contribution in [0.5, 0.6) is 11.5 Å². The summed E-state index contributed by atoms with van der Waals surface area (Å²) < 4.78 is 10.8. The lowest BCUT2D eigenvalue weighted by Gasteiger charge is -2.11. The molecular formula is C16H18N3O3. The molecule has 2 aromatic rings. The van der Waals surface area contributed by atoms with E-state index in [9.17, 15) is 0 Å². The van der Waals surface area contributed by atoms with Gasteiger partial charge in [0, 0.05) is 11.6 Å². The molecule has 115 valence electrons. The van der Waals surface area contributed by atoms with Crippen LogP contribution in [0.25, 0.3) is 0 Å². The first-order valence-corrected chi connectivity index (χ1v) is 6.79. The number of nitrogens with zero attached hydrogens (tertiary/aromatic N) is 1. The van der Waals surface area contributed by atoms with Crippen LogP contribution in [0.1, 0.15) is 12.5 Å². The van der Waals surface area contributed by atoms with Gasteiger partial charge in [0.05, 0.1) is 25.1 Å². The van der Waals surface area contributed by atoms with Crippen molar-refractivity contribution >= 4 is 17.2 Å². The highest BCUT2D eigenvalue weighted by Gasteiger charge is 2.07. The van der Waals surface area contributed by atoms with E-state index in [0.717, 1.165) is 11.4 Å². The van der Waals surface area contributed by atoms with E-state index < -0.39 is 0 Å². The Hall–Kier alpha value is -2.73. The molecule has 6 nitrogen and oxygen atoms in total. The number of hydrogen-bond acceptors (Lipinski definition) is 4. The smallest absolute Gasteiger partial charge is 0.162 e. The summed E-state index contributed by atoms with van der Waals surface area (Å²) in [7, 11) is 1.59. The molecule has 6 heteroatoms. The Morgan fingerprint density at radius 1 is 1.14 bits per heavy atom. The van der Waals surface area contributed by atoms with Crippen molar-refractivity contribution in [1.29, 1.82) is 5.41 Å². The number of amidine groups is 1. The number of nitrogens with one attached hydrogen (secondary N) is 2. The fraction of sp³-hybridized carbons (Fsp3) is 0.188. The number of ether oxygens (including phenoxy) is 2. The Bertz CT molecular complexity index is 642. The summed E-state index contributed by atoms with van der Waals surface area (Å²) in [6.45, 7) is 2.48. The van der Waals surface area contributed by atoms with Gasteiger partial charge in [-0.15, -0.1) is 0 Å². The lowest BCUT2D eigenvalue weighted by Crippen LogP contribution is -2.18. The average Bonchev–Trinajstić information content (AvgIpc) is 2.56. The molecule has 1 radical (unpaired) electrons. The van der Waals surface area contributed by atoms with Crippen LogP contribution in [0.15, 0.2) is 42.5 Å². The standard InChI is InChI=1S/C16H18N3O3/c1-3-22-14-9-8-13(10-15(14)21-2)18-12-6-4-11(5-7-12)16(17)19-20/h4-10,20H,3H2,1-2H3,(H2,17,19). The monoisotopic (exact) mass is 300 g/mol. The van der Waals surface area contributed by atoms with Gasteiger partial charge in [0.2, 0.25) is 0 Å². The van der Waals surface area contributed by atoms with Crippen LogP contribution >= 0.6 is 0 Å². The van der Waals surface area contributed by atoms with E-state index in [-0.39, 0.29) is 5.84 Å². The molecule has 0 saturated carbocycles. The van der Waals surface area contributed by atoms with Crippen LogP contribution in [0.3, 0.4) is 0 Å². The second-order valence-corrected chi connectivity index (χ2v) is 4.41. The molecule has 0 aliphatic carbocycles. The zero-order valence-corrected chi connectivity index (χ0v) is 12.5. The third-order valence-corrected chi connectivity index (χ3v) is 2.97. The van der Waals surface area contributed by atoms with Gasteiger partial charge in [-0.25, -0.2) is 5.32 Å². The topological polar surface area (TPSA) is 88.7 Å². The van der Waals surface area contributed by atoms with Gasteiger partial charge in [-0.05, 0) is 43.3 Å². The summed E-state index contributed by atoms with van der Waals surface area (Å²) in [5.74, 6) is 1.25. The molecule has 0 fully saturated rings. The van der Waals surface area contributed by atoms with Gasteiger partial charge in [-0.3, -0.25) is 16.1 Å². The maximum absolute atomic E-state index is 8.70. The van der Waals surface area contributed by atoms with E-state index in [4.69, 9.17) is 20.1 Å². The Morgan fingerprint density at radius 2 is 1.82 bits per heavy atom. The van der Waals surface area contributed by atoms with Gasteiger partial charge in [-0.2, -0.15) is 0 Å². The molecule has 0 spiro atoms. The molecular weight excluding hydrogens is 282 g/mol. The maximum atomic E-state index is 8.70. The minimum Gasteiger partial charge on any atom is -0.493 e. The summed E-state index contributed by atoms with van der Waals surface area (Å²) in [6, 6.07) is 12.4. The molecule has 0 unspecified atom stereocenters. The van der Waals surface area contributed by atoms with E-state index in [1.807, 2.05) is 19.1 Å². The first-order valence-electron chi connectivity index (χ1n) is 6.79. The van der Waals surface area contributed by atoms with Crippen molar-refractivity contribution in [3.05, 3.63) is 48.0 Å². The summed E-state index contributed by atoms with van der Waals surface area (Å²) in [5.41, 5.74) is 3.86. The minimum absolute atomic E-state index is 0.0608. The number of methoxy groups -OCH3 is 1. The number of benzene rings is 2. The largest absolute Gasteiger partial charge is 0.493 e. The number of rotatable bonds is 6. The van der Waals surface area contributed by atoms with E-state index >= 15 is 0 Å². The quantitative estimate of drug-likeness (QED) is 0.435. The highest BCUT2D eigenvalue weighted by Crippen LogP contribution is 2.31. The normalized spacial score (nSPS) is 9.95. The Balaban J connectivity index is 2.14. The molecule has 2 aromatic carbocycles. The molecule has 0 bridgehead atoms. The zero-order valence-electron chi connectivity index (χ0n) is 12.5. The molecule has 0 aliphatic heterocycles. The molecule has 0 saturated heterocycles. The molecule has 0 amide bonds. The van der Waals surface area contributed by atoms with Crippen molar-refractivity contribution in [3.8, 4) is 11.5 Å². The van der Waals surface area contributed by atoms with Gasteiger partial charge in [0.15, 0.2) is 11.5 Å². The predicted molar refractivity (Wildman–Crippen MR) is 83.8 cm³/mol. The second-order valence-electron chi connectivity index (χ2n) is 4.41. The number of hydrogen-bond donors (Lipinski definition) is 3. The van der Waals surface area contributed by atoms with Gasteiger partial charge < -0.3 is 9.47 Å². The van der Waals surface area contributed by atoms with Crippen molar-refractivity contribution in [1.82, 2.24) is 10.8 Å². The number of hydroxylamine groups is 1. The van der Waals surface area contributed by atoms with E-state index in [1.165, 1.54) is 0 Å². The van der Waals surface area contributed by atoms with Gasteiger partial charge in [0.1, 0.15) is 5.84 Å². The highest BCUT2D eigenvalue weighted by molar-refractivity contribution is 5.95. The third kappa shape index (κ3) is 3.67. The van der Waals surface area contributed by atoms with E-state index in [0.29, 0.717) is 23.7 Å². The minimum atomic E-state index is -0.0608. The van der Waals surface area contributed by atoms with Crippen molar-refractivity contribution in [3.63, 3.8) is 0 Å². The fourth-order valence-corrected chi connectivity index (χ4v) is 1.92. The fourth-order valence-electron chi connectivity index (χ4n) is 1.92. The summed E-state index contributed by atoms with van der Waals surface area (Å²) in [4.78, 5) is 0. The van der Waals surface area contributed by atoms with Crippen molar-refractivity contribution in [2.45, 2.75) is 6.92 Å². The summed E-state index contributed by atoms with van der Waals surface area (Å²) in [5, 5.41) is 20.6. The van der Waals surface area contributed by atoms with Crippen LogP contribution in [-0.4, -0.2) is 24.8 Å². The SMILES string of the molecule is CCOc1ccc([N]c2ccc(C(=N)NO)cc2)cc1OC. The van der Waals surface area contributed by atoms with Gasteiger partial charge >= 0.3 is 0 Å². The van der Waals surface area contributed by atoms with Crippen LogP contribution in [0.4, 0.5) is 11.4 Å². The molecule has 0 heterocycles. The van der Waals surface area contributed by atoms with Crippen molar-refractivity contribution in [2.75, 3.05) is 13.7 Å². The highest BCUT2D eigenvalue weighted by atomic mass is 16.5. The van der Waals surface area contributed by atoms with Gasteiger partial charge in [0.25, 0.3) is 0 Å². The Kier molecular flexibility index (Phi) is 5.21. The maximum Gasteiger partial charge on any atom is 0.162 e. The first-order chi connectivity index (χ1) is 10.7. The van der Waals surface area contributed by atoms with Gasteiger partial charge in [-0.1, -0.05) is 0 Å².